The summed E-state index contributed by atoms with van der Waals surface area (Å²) >= 11 is 0. The SMILES string of the molecule is F[C]1CCCC(F)C1F. The van der Waals surface area contributed by atoms with Crippen LogP contribution in [0.1, 0.15) is 19.3 Å². The Balaban J connectivity index is 2.41. The molecule has 0 aromatic rings. The number of rotatable bonds is 0. The van der Waals surface area contributed by atoms with Crippen LogP contribution in [-0.4, -0.2) is 12.3 Å². The molecular weight excluding hydrogens is 129 g/mol. The first kappa shape index (κ1) is 6.90. The molecule has 0 heterocycles. The molecule has 2 atom stereocenters. The molecule has 0 saturated heterocycles. The molecule has 0 bridgehead atoms. The van der Waals surface area contributed by atoms with Crippen molar-refractivity contribution in [2.45, 2.75) is 31.6 Å². The van der Waals surface area contributed by atoms with E-state index in [1.54, 1.807) is 0 Å². The minimum Gasteiger partial charge on any atom is -0.244 e. The quantitative estimate of drug-likeness (QED) is 0.480. The van der Waals surface area contributed by atoms with Gasteiger partial charge in [0.05, 0.1) is 0 Å². The monoisotopic (exact) mass is 137 g/mol. The summed E-state index contributed by atoms with van der Waals surface area (Å²) in [4.78, 5) is 0. The van der Waals surface area contributed by atoms with Crippen LogP contribution in [0.4, 0.5) is 13.2 Å². The zero-order valence-corrected chi connectivity index (χ0v) is 4.91. The second-order valence-corrected chi connectivity index (χ2v) is 2.26. The van der Waals surface area contributed by atoms with E-state index in [4.69, 9.17) is 0 Å². The van der Waals surface area contributed by atoms with E-state index >= 15 is 0 Å². The van der Waals surface area contributed by atoms with Gasteiger partial charge in [0.2, 0.25) is 0 Å². The van der Waals surface area contributed by atoms with Crippen LogP contribution in [0.3, 0.4) is 0 Å². The van der Waals surface area contributed by atoms with E-state index in [2.05, 4.69) is 0 Å². The van der Waals surface area contributed by atoms with Gasteiger partial charge in [-0.25, -0.2) is 13.2 Å². The standard InChI is InChI=1S/C6H8F3/c7-4-2-1-3-5(8)6(4)9/h4,6H,1-3H2. The maximum atomic E-state index is 12.2. The van der Waals surface area contributed by atoms with Crippen LogP contribution in [0.15, 0.2) is 0 Å². The molecule has 1 aliphatic carbocycles. The second kappa shape index (κ2) is 2.58. The van der Waals surface area contributed by atoms with Crippen molar-refractivity contribution in [2.24, 2.45) is 0 Å². The number of alkyl halides is 2. The smallest absolute Gasteiger partial charge is 0.181 e. The third kappa shape index (κ3) is 1.37. The molecule has 0 aromatic carbocycles. The highest BCUT2D eigenvalue weighted by atomic mass is 19.2. The van der Waals surface area contributed by atoms with Gasteiger partial charge in [-0.3, -0.25) is 0 Å². The summed E-state index contributed by atoms with van der Waals surface area (Å²) in [7, 11) is 0. The van der Waals surface area contributed by atoms with E-state index in [-0.39, 0.29) is 12.8 Å². The summed E-state index contributed by atoms with van der Waals surface area (Å²) in [5, 5.41) is 0. The Morgan fingerprint density at radius 1 is 1.33 bits per heavy atom. The van der Waals surface area contributed by atoms with E-state index < -0.39 is 18.5 Å². The topological polar surface area (TPSA) is 0 Å². The van der Waals surface area contributed by atoms with Gasteiger partial charge in [0.15, 0.2) is 12.3 Å². The molecule has 0 aromatic heterocycles. The summed E-state index contributed by atoms with van der Waals surface area (Å²) in [5.41, 5.74) is 0. The molecule has 53 valence electrons. The van der Waals surface area contributed by atoms with Crippen LogP contribution in [0.2, 0.25) is 0 Å². The van der Waals surface area contributed by atoms with Gasteiger partial charge in [-0.1, -0.05) is 0 Å². The van der Waals surface area contributed by atoms with Crippen LogP contribution in [-0.2, 0) is 0 Å². The highest BCUT2D eigenvalue weighted by Crippen LogP contribution is 2.31. The molecule has 1 saturated carbocycles. The molecule has 3 heteroatoms. The van der Waals surface area contributed by atoms with Gasteiger partial charge in [0, 0.05) is 0 Å². The Labute approximate surface area is 52.1 Å². The van der Waals surface area contributed by atoms with Crippen LogP contribution in [0.25, 0.3) is 0 Å². The lowest BCUT2D eigenvalue weighted by atomic mass is 9.95. The lowest BCUT2D eigenvalue weighted by molar-refractivity contribution is 0.0995. The van der Waals surface area contributed by atoms with Crippen molar-refractivity contribution in [3.8, 4) is 0 Å². The molecule has 1 aliphatic rings. The summed E-state index contributed by atoms with van der Waals surface area (Å²) < 4.78 is 36.5. The van der Waals surface area contributed by atoms with Crippen molar-refractivity contribution in [1.82, 2.24) is 0 Å². The number of halogens is 3. The van der Waals surface area contributed by atoms with Gasteiger partial charge in [-0.15, -0.1) is 0 Å². The van der Waals surface area contributed by atoms with E-state index in [0.717, 1.165) is 0 Å². The van der Waals surface area contributed by atoms with Crippen LogP contribution in [0.5, 0.6) is 0 Å². The first-order chi connectivity index (χ1) is 4.22. The normalized spacial score (nSPS) is 39.0. The predicted molar refractivity (Wildman–Crippen MR) is 28.0 cm³/mol. The lowest BCUT2D eigenvalue weighted by Crippen LogP contribution is -2.26. The highest BCUT2D eigenvalue weighted by Gasteiger charge is 2.34. The Hall–Kier alpha value is -0.210. The Morgan fingerprint density at radius 2 is 2.00 bits per heavy atom. The van der Waals surface area contributed by atoms with Crippen LogP contribution < -0.4 is 0 Å². The summed E-state index contributed by atoms with van der Waals surface area (Å²) in [5.74, 6) is 0. The fraction of sp³-hybridized carbons (Fsp3) is 0.833. The molecule has 9 heavy (non-hydrogen) atoms. The first-order valence-corrected chi connectivity index (χ1v) is 3.01. The molecule has 0 spiro atoms. The zero-order chi connectivity index (χ0) is 6.85. The molecule has 1 fully saturated rings. The maximum Gasteiger partial charge on any atom is 0.181 e. The van der Waals surface area contributed by atoms with Gasteiger partial charge in [0.25, 0.3) is 0 Å². The van der Waals surface area contributed by atoms with E-state index in [1.165, 1.54) is 0 Å². The third-order valence-electron chi connectivity index (χ3n) is 1.51. The Bertz CT molecular complexity index is 84.3. The first-order valence-electron chi connectivity index (χ1n) is 3.01. The summed E-state index contributed by atoms with van der Waals surface area (Å²) in [6.07, 6.45) is -3.67. The Kier molecular flexibility index (Phi) is 1.98. The number of hydrogen-bond acceptors (Lipinski definition) is 0. The van der Waals surface area contributed by atoms with Crippen molar-refractivity contribution in [2.75, 3.05) is 0 Å². The maximum absolute atomic E-state index is 12.2. The largest absolute Gasteiger partial charge is 0.244 e. The van der Waals surface area contributed by atoms with Gasteiger partial charge in [-0.05, 0) is 19.3 Å². The third-order valence-corrected chi connectivity index (χ3v) is 1.51. The molecule has 0 nitrogen and oxygen atoms in total. The molecule has 0 amide bonds. The molecule has 2 unspecified atom stereocenters. The van der Waals surface area contributed by atoms with E-state index in [9.17, 15) is 13.2 Å². The molecule has 0 aliphatic heterocycles. The second-order valence-electron chi connectivity index (χ2n) is 2.26. The van der Waals surface area contributed by atoms with Crippen molar-refractivity contribution in [3.63, 3.8) is 0 Å². The summed E-state index contributed by atoms with van der Waals surface area (Å²) in [6.45, 7) is 0. The predicted octanol–water partition coefficient (Wildman–Crippen LogP) is 2.35. The fourth-order valence-corrected chi connectivity index (χ4v) is 0.946. The van der Waals surface area contributed by atoms with Crippen molar-refractivity contribution >= 4 is 0 Å². The average Bonchev–Trinajstić information content (AvgIpc) is 1.83. The van der Waals surface area contributed by atoms with E-state index in [0.29, 0.717) is 6.42 Å². The van der Waals surface area contributed by atoms with Crippen LogP contribution in [0, 0.1) is 6.17 Å². The van der Waals surface area contributed by atoms with Gasteiger partial charge in [0.1, 0.15) is 6.17 Å². The van der Waals surface area contributed by atoms with Gasteiger partial charge < -0.3 is 0 Å². The fourth-order valence-electron chi connectivity index (χ4n) is 0.946. The van der Waals surface area contributed by atoms with Crippen molar-refractivity contribution < 1.29 is 13.2 Å². The lowest BCUT2D eigenvalue weighted by Gasteiger charge is -2.21. The average molecular weight is 137 g/mol. The van der Waals surface area contributed by atoms with Crippen molar-refractivity contribution in [3.05, 3.63) is 6.17 Å². The van der Waals surface area contributed by atoms with Crippen molar-refractivity contribution in [1.29, 1.82) is 0 Å². The molecular formula is C6H8F3. The minimum atomic E-state index is -1.95. The molecule has 0 N–H and O–H groups in total. The highest BCUT2D eigenvalue weighted by molar-refractivity contribution is 4.95. The molecule has 1 rings (SSSR count). The molecule has 1 radical (unpaired) electrons. The zero-order valence-electron chi connectivity index (χ0n) is 4.91. The minimum absolute atomic E-state index is 0.0988. The summed E-state index contributed by atoms with van der Waals surface area (Å²) in [6, 6.07) is 0. The van der Waals surface area contributed by atoms with Gasteiger partial charge in [-0.2, -0.15) is 0 Å². The Morgan fingerprint density at radius 3 is 2.44 bits per heavy atom. The van der Waals surface area contributed by atoms with E-state index in [1.807, 2.05) is 0 Å². The number of hydrogen-bond donors (Lipinski definition) is 0. The van der Waals surface area contributed by atoms with Crippen LogP contribution >= 0.6 is 0 Å². The van der Waals surface area contributed by atoms with Gasteiger partial charge >= 0.3 is 0 Å².